The highest BCUT2D eigenvalue weighted by atomic mass is 32.2. The molecule has 4 rings (SSSR count). The van der Waals surface area contributed by atoms with Crippen molar-refractivity contribution in [1.29, 1.82) is 0 Å². The predicted molar refractivity (Wildman–Crippen MR) is 173 cm³/mol. The molecule has 0 unspecified atom stereocenters. The van der Waals surface area contributed by atoms with Gasteiger partial charge < -0.3 is 33.9 Å². The van der Waals surface area contributed by atoms with Crippen LogP contribution in [0.5, 0.6) is 23.0 Å². The zero-order chi connectivity index (χ0) is 32.9. The molecule has 244 valence electrons. The summed E-state index contributed by atoms with van der Waals surface area (Å²) in [6.45, 7) is 15.1. The minimum Gasteiger partial charge on any atom is -0.492 e. The van der Waals surface area contributed by atoms with Gasteiger partial charge in [0.05, 0.1) is 5.75 Å². The second-order valence-electron chi connectivity index (χ2n) is 13.3. The van der Waals surface area contributed by atoms with Gasteiger partial charge in [-0.3, -0.25) is 4.79 Å². The predicted octanol–water partition coefficient (Wildman–Crippen LogP) is 5.53. The van der Waals surface area contributed by atoms with Crippen molar-refractivity contribution in [3.8, 4) is 23.0 Å². The Labute approximate surface area is 269 Å². The number of amides is 1. The van der Waals surface area contributed by atoms with Gasteiger partial charge in [0.15, 0.2) is 11.5 Å². The number of fused-ring (bicyclic) bond motifs is 1. The molecule has 1 N–H and O–H groups in total. The van der Waals surface area contributed by atoms with Gasteiger partial charge in [-0.15, -0.1) is 11.8 Å². The van der Waals surface area contributed by atoms with E-state index in [0.717, 1.165) is 59.9 Å². The van der Waals surface area contributed by atoms with E-state index in [1.807, 2.05) is 83.8 Å². The summed E-state index contributed by atoms with van der Waals surface area (Å²) in [5.74, 6) is 1.11. The second-order valence-corrected chi connectivity index (χ2v) is 14.4. The largest absolute Gasteiger partial charge is 0.492 e. The fourth-order valence-electron chi connectivity index (χ4n) is 5.17. The highest BCUT2D eigenvalue weighted by molar-refractivity contribution is 8.00. The number of thioether (sulfide) groups is 1. The van der Waals surface area contributed by atoms with Gasteiger partial charge in [-0.25, -0.2) is 9.59 Å². The molecule has 0 saturated carbocycles. The minimum atomic E-state index is -1.22. The van der Waals surface area contributed by atoms with E-state index in [2.05, 4.69) is 4.90 Å². The Morgan fingerprint density at radius 2 is 1.69 bits per heavy atom. The molecular formula is C34H44N2O8S. The van der Waals surface area contributed by atoms with Gasteiger partial charge in [0.1, 0.15) is 23.5 Å². The summed E-state index contributed by atoms with van der Waals surface area (Å²) in [7, 11) is 2.04. The molecule has 0 aromatic heterocycles. The maximum atomic E-state index is 13.1. The maximum absolute atomic E-state index is 13.1. The molecule has 11 heteroatoms. The molecule has 2 aromatic rings. The highest BCUT2D eigenvalue weighted by Crippen LogP contribution is 2.46. The average Bonchev–Trinajstić information content (AvgIpc) is 3.57. The third-order valence-electron chi connectivity index (χ3n) is 7.57. The van der Waals surface area contributed by atoms with E-state index in [1.165, 1.54) is 0 Å². The van der Waals surface area contributed by atoms with E-state index in [0.29, 0.717) is 30.4 Å². The number of likely N-dealkylation sites (N-methyl/N-ethyl adjacent to an activating group) is 1. The zero-order valence-electron chi connectivity index (χ0n) is 27.2. The fourth-order valence-corrected chi connectivity index (χ4v) is 6.37. The fraction of sp³-hybridized carbons (Fsp3) is 0.500. The van der Waals surface area contributed by atoms with Crippen LogP contribution in [0.2, 0.25) is 0 Å². The number of esters is 1. The Balaban J connectivity index is 1.44. The Hall–Kier alpha value is -3.70. The summed E-state index contributed by atoms with van der Waals surface area (Å²) in [6.07, 6.45) is 2.49. The van der Waals surface area contributed by atoms with Crippen molar-refractivity contribution >= 4 is 29.6 Å². The first-order valence-electron chi connectivity index (χ1n) is 15.1. The molecule has 1 atom stereocenters. The number of carboxylic acid groups (broad SMARTS) is 1. The van der Waals surface area contributed by atoms with Crippen LogP contribution in [0.4, 0.5) is 0 Å². The van der Waals surface area contributed by atoms with E-state index in [9.17, 15) is 14.4 Å². The molecule has 0 radical (unpaired) electrons. The lowest BCUT2D eigenvalue weighted by Gasteiger charge is -2.32. The minimum absolute atomic E-state index is 0.0997. The lowest BCUT2D eigenvalue weighted by Crippen LogP contribution is -2.33. The Morgan fingerprint density at radius 1 is 1.02 bits per heavy atom. The summed E-state index contributed by atoms with van der Waals surface area (Å²) >= 11 is 1.60. The zero-order valence-corrected chi connectivity index (χ0v) is 28.0. The molecule has 2 aromatic carbocycles. The third kappa shape index (κ3) is 8.94. The maximum Gasteiger partial charge on any atom is 0.336 e. The molecule has 1 fully saturated rings. The second kappa shape index (κ2) is 14.2. The summed E-state index contributed by atoms with van der Waals surface area (Å²) in [5, 5.41) is 8.78. The van der Waals surface area contributed by atoms with Crippen LogP contribution >= 0.6 is 11.8 Å². The molecule has 0 bridgehead atoms. The lowest BCUT2D eigenvalue weighted by molar-refractivity contribution is -0.133. The van der Waals surface area contributed by atoms with Crippen molar-refractivity contribution in [2.75, 3.05) is 45.8 Å². The summed E-state index contributed by atoms with van der Waals surface area (Å²) in [6, 6.07) is 9.61. The smallest absolute Gasteiger partial charge is 0.336 e. The first-order valence-corrected chi connectivity index (χ1v) is 16.1. The van der Waals surface area contributed by atoms with Crippen molar-refractivity contribution in [3.05, 3.63) is 59.2 Å². The van der Waals surface area contributed by atoms with Crippen LogP contribution in [0.15, 0.2) is 42.5 Å². The van der Waals surface area contributed by atoms with Crippen LogP contribution in [0.1, 0.15) is 70.0 Å². The van der Waals surface area contributed by atoms with Gasteiger partial charge in [-0.2, -0.15) is 0 Å². The Kier molecular flexibility index (Phi) is 10.8. The number of hydrogen-bond donors (Lipinski definition) is 1. The standard InChI is InChI=1S/C34H44N2O8S/c1-33(2,3)24-17-22(18-25(34(4,5)6)31(24)44-30(40)12-11-29(38)39)32-36(28(37)20-45-32)14-8-13-35(7)15-16-41-23-9-10-26-27(19-23)43-21-42-26/h9-12,17-19,32H,8,13-16,20-21H2,1-7H3,(H,38,39)/b12-11+/t32-/m0/s1. The molecular weight excluding hydrogens is 596 g/mol. The first kappa shape index (κ1) is 34.2. The molecule has 10 nitrogen and oxygen atoms in total. The summed E-state index contributed by atoms with van der Waals surface area (Å²) < 4.78 is 22.5. The van der Waals surface area contributed by atoms with Gasteiger partial charge >= 0.3 is 11.9 Å². The molecule has 45 heavy (non-hydrogen) atoms. The average molecular weight is 641 g/mol. The number of ether oxygens (including phenoxy) is 4. The van der Waals surface area contributed by atoms with Gasteiger partial charge in [0, 0.05) is 42.4 Å². The molecule has 0 spiro atoms. The Bertz CT molecular complexity index is 1410. The highest BCUT2D eigenvalue weighted by Gasteiger charge is 2.36. The van der Waals surface area contributed by atoms with Crippen LogP contribution < -0.4 is 18.9 Å². The van der Waals surface area contributed by atoms with E-state index < -0.39 is 22.8 Å². The van der Waals surface area contributed by atoms with E-state index >= 15 is 0 Å². The number of aliphatic carboxylic acids is 1. The first-order chi connectivity index (χ1) is 21.1. The Morgan fingerprint density at radius 3 is 2.33 bits per heavy atom. The van der Waals surface area contributed by atoms with Gasteiger partial charge in [-0.05, 0) is 60.7 Å². The van der Waals surface area contributed by atoms with Gasteiger partial charge in [0.25, 0.3) is 0 Å². The monoisotopic (exact) mass is 640 g/mol. The number of hydrogen-bond acceptors (Lipinski definition) is 9. The SMILES string of the molecule is CN(CCCN1C(=O)CS[C@H]1c1cc(C(C)(C)C)c(OC(=O)/C=C/C(=O)O)c(C(C)(C)C)c1)CCOc1ccc2c(c1)OCO2. The number of nitrogens with zero attached hydrogens (tertiary/aromatic N) is 2. The molecule has 1 amide bonds. The normalized spacial score (nSPS) is 16.6. The number of carbonyl (C=O) groups excluding carboxylic acids is 2. The van der Waals surface area contributed by atoms with Gasteiger partial charge in [0.2, 0.25) is 12.7 Å². The van der Waals surface area contributed by atoms with Crippen LogP contribution in [-0.2, 0) is 25.2 Å². The van der Waals surface area contributed by atoms with E-state index in [4.69, 9.17) is 24.1 Å². The van der Waals surface area contributed by atoms with E-state index in [1.54, 1.807) is 11.8 Å². The van der Waals surface area contributed by atoms with Crippen molar-refractivity contribution in [3.63, 3.8) is 0 Å². The van der Waals surface area contributed by atoms with Crippen LogP contribution in [0, 0.1) is 0 Å². The van der Waals surface area contributed by atoms with Crippen molar-refractivity contribution in [1.82, 2.24) is 9.80 Å². The molecule has 2 aliphatic heterocycles. The molecule has 1 saturated heterocycles. The topological polar surface area (TPSA) is 115 Å². The van der Waals surface area contributed by atoms with E-state index in [-0.39, 0.29) is 18.1 Å². The number of carboxylic acids is 1. The van der Waals surface area contributed by atoms with Crippen LogP contribution in [-0.4, -0.2) is 78.6 Å². The summed E-state index contributed by atoms with van der Waals surface area (Å²) in [5.41, 5.74) is 1.83. The summed E-state index contributed by atoms with van der Waals surface area (Å²) in [4.78, 5) is 40.8. The van der Waals surface area contributed by atoms with Crippen molar-refractivity contribution in [2.24, 2.45) is 0 Å². The molecule has 2 heterocycles. The number of carbonyl (C=O) groups is 3. The molecule has 2 aliphatic rings. The van der Waals surface area contributed by atoms with Gasteiger partial charge in [-0.1, -0.05) is 41.5 Å². The van der Waals surface area contributed by atoms with Crippen LogP contribution in [0.3, 0.4) is 0 Å². The number of benzene rings is 2. The lowest BCUT2D eigenvalue weighted by atomic mass is 9.78. The number of rotatable bonds is 12. The van der Waals surface area contributed by atoms with Crippen molar-refractivity contribution < 1.29 is 38.4 Å². The van der Waals surface area contributed by atoms with Crippen LogP contribution in [0.25, 0.3) is 0 Å². The quantitative estimate of drug-likeness (QED) is 0.180. The van der Waals surface area contributed by atoms with Crippen molar-refractivity contribution in [2.45, 2.75) is 64.2 Å². The third-order valence-corrected chi connectivity index (χ3v) is 8.83. The molecule has 0 aliphatic carbocycles.